The number of rotatable bonds is 4. The quantitative estimate of drug-likeness (QED) is 0.524. The standard InChI is InChI=1S/C16H15NO3/c1-20-16(19)14(17)15(18)13-9-7-12(8-10-13)11-5-3-2-4-6-11/h2-10,14H,17H2,1H3. The van der Waals surface area contributed by atoms with Crippen molar-refractivity contribution in [2.45, 2.75) is 6.04 Å². The number of ketones is 1. The van der Waals surface area contributed by atoms with E-state index in [9.17, 15) is 9.59 Å². The lowest BCUT2D eigenvalue weighted by Crippen LogP contribution is -2.39. The van der Waals surface area contributed by atoms with Gasteiger partial charge in [0.15, 0.2) is 11.8 Å². The molecule has 0 heterocycles. The Hall–Kier alpha value is -2.46. The number of carbonyl (C=O) groups excluding carboxylic acids is 2. The third-order valence-corrected chi connectivity index (χ3v) is 3.01. The molecule has 0 fully saturated rings. The van der Waals surface area contributed by atoms with Crippen LogP contribution >= 0.6 is 0 Å². The lowest BCUT2D eigenvalue weighted by molar-refractivity contribution is -0.140. The van der Waals surface area contributed by atoms with Crippen molar-refractivity contribution < 1.29 is 14.3 Å². The van der Waals surface area contributed by atoms with E-state index in [1.807, 2.05) is 42.5 Å². The van der Waals surface area contributed by atoms with Gasteiger partial charge in [-0.3, -0.25) is 4.79 Å². The molecule has 0 aliphatic rings. The van der Waals surface area contributed by atoms with Crippen LogP contribution in [-0.4, -0.2) is 24.9 Å². The predicted molar refractivity (Wildman–Crippen MR) is 76.2 cm³/mol. The van der Waals surface area contributed by atoms with E-state index in [4.69, 9.17) is 5.73 Å². The summed E-state index contributed by atoms with van der Waals surface area (Å²) in [5.41, 5.74) is 7.97. The van der Waals surface area contributed by atoms with Crippen molar-refractivity contribution in [2.24, 2.45) is 5.73 Å². The van der Waals surface area contributed by atoms with Gasteiger partial charge in [-0.2, -0.15) is 0 Å². The molecule has 102 valence electrons. The van der Waals surface area contributed by atoms with Crippen LogP contribution in [0.2, 0.25) is 0 Å². The Kier molecular flexibility index (Phi) is 4.27. The molecule has 1 atom stereocenters. The number of benzene rings is 2. The molecule has 0 spiro atoms. The highest BCUT2D eigenvalue weighted by molar-refractivity contribution is 6.11. The second-order valence-electron chi connectivity index (χ2n) is 4.31. The van der Waals surface area contributed by atoms with Gasteiger partial charge in [0.25, 0.3) is 0 Å². The number of hydrogen-bond acceptors (Lipinski definition) is 4. The smallest absolute Gasteiger partial charge is 0.330 e. The molecular formula is C16H15NO3. The van der Waals surface area contributed by atoms with Crippen molar-refractivity contribution in [2.75, 3.05) is 7.11 Å². The van der Waals surface area contributed by atoms with Crippen LogP contribution in [0, 0.1) is 0 Å². The van der Waals surface area contributed by atoms with E-state index < -0.39 is 17.8 Å². The highest BCUT2D eigenvalue weighted by Gasteiger charge is 2.23. The van der Waals surface area contributed by atoms with Gasteiger partial charge in [0.05, 0.1) is 7.11 Å². The second-order valence-corrected chi connectivity index (χ2v) is 4.31. The first kappa shape index (κ1) is 14.0. The van der Waals surface area contributed by atoms with Crippen molar-refractivity contribution in [3.63, 3.8) is 0 Å². The summed E-state index contributed by atoms with van der Waals surface area (Å²) >= 11 is 0. The molecular weight excluding hydrogens is 254 g/mol. The van der Waals surface area contributed by atoms with Crippen LogP contribution in [-0.2, 0) is 9.53 Å². The molecule has 4 nitrogen and oxygen atoms in total. The summed E-state index contributed by atoms with van der Waals surface area (Å²) in [6.07, 6.45) is 0. The molecule has 0 bridgehead atoms. The Labute approximate surface area is 117 Å². The van der Waals surface area contributed by atoms with Crippen LogP contribution in [0.4, 0.5) is 0 Å². The van der Waals surface area contributed by atoms with Crippen molar-refractivity contribution in [3.8, 4) is 11.1 Å². The van der Waals surface area contributed by atoms with E-state index in [0.29, 0.717) is 5.56 Å². The third-order valence-electron chi connectivity index (χ3n) is 3.01. The van der Waals surface area contributed by atoms with Crippen molar-refractivity contribution in [3.05, 3.63) is 60.2 Å². The number of carbonyl (C=O) groups is 2. The van der Waals surface area contributed by atoms with E-state index in [1.54, 1.807) is 12.1 Å². The average molecular weight is 269 g/mol. The monoisotopic (exact) mass is 269 g/mol. The van der Waals surface area contributed by atoms with Gasteiger partial charge in [0.2, 0.25) is 0 Å². The number of methoxy groups -OCH3 is 1. The molecule has 2 rings (SSSR count). The molecule has 2 aromatic carbocycles. The first-order valence-corrected chi connectivity index (χ1v) is 6.16. The highest BCUT2D eigenvalue weighted by Crippen LogP contribution is 2.19. The zero-order valence-corrected chi connectivity index (χ0v) is 11.1. The molecule has 2 N–H and O–H groups in total. The number of hydrogen-bond donors (Lipinski definition) is 1. The van der Waals surface area contributed by atoms with E-state index in [0.717, 1.165) is 11.1 Å². The van der Waals surface area contributed by atoms with Gasteiger partial charge >= 0.3 is 5.97 Å². The summed E-state index contributed by atoms with van der Waals surface area (Å²) < 4.78 is 4.46. The van der Waals surface area contributed by atoms with Crippen molar-refractivity contribution >= 4 is 11.8 Å². The molecule has 2 aromatic rings. The van der Waals surface area contributed by atoms with Gasteiger partial charge in [-0.05, 0) is 11.1 Å². The van der Waals surface area contributed by atoms with Crippen LogP contribution in [0.15, 0.2) is 54.6 Å². The van der Waals surface area contributed by atoms with Gasteiger partial charge in [-0.1, -0.05) is 54.6 Å². The second kappa shape index (κ2) is 6.12. The molecule has 0 saturated carbocycles. The molecule has 0 radical (unpaired) electrons. The van der Waals surface area contributed by atoms with Gasteiger partial charge in [0, 0.05) is 5.56 Å². The topological polar surface area (TPSA) is 69.4 Å². The maximum absolute atomic E-state index is 12.0. The van der Waals surface area contributed by atoms with Gasteiger partial charge in [0.1, 0.15) is 0 Å². The van der Waals surface area contributed by atoms with E-state index >= 15 is 0 Å². The van der Waals surface area contributed by atoms with Crippen LogP contribution in [0.25, 0.3) is 11.1 Å². The molecule has 0 aliphatic heterocycles. The zero-order chi connectivity index (χ0) is 14.5. The number of esters is 1. The predicted octanol–water partition coefficient (Wildman–Crippen LogP) is 2.04. The molecule has 4 heteroatoms. The van der Waals surface area contributed by atoms with Crippen molar-refractivity contribution in [1.82, 2.24) is 0 Å². The van der Waals surface area contributed by atoms with E-state index in [1.165, 1.54) is 7.11 Å². The normalized spacial score (nSPS) is 11.7. The first-order valence-electron chi connectivity index (χ1n) is 6.16. The average Bonchev–Trinajstić information content (AvgIpc) is 2.53. The maximum Gasteiger partial charge on any atom is 0.330 e. The van der Waals surface area contributed by atoms with Crippen LogP contribution in [0.1, 0.15) is 10.4 Å². The third kappa shape index (κ3) is 2.92. The summed E-state index contributed by atoms with van der Waals surface area (Å²) in [5.74, 6) is -1.18. The number of ether oxygens (including phenoxy) is 1. The van der Waals surface area contributed by atoms with Crippen LogP contribution < -0.4 is 5.73 Å². The zero-order valence-electron chi connectivity index (χ0n) is 11.1. The van der Waals surface area contributed by atoms with E-state index in [2.05, 4.69) is 4.74 Å². The Morgan fingerprint density at radius 3 is 2.05 bits per heavy atom. The maximum atomic E-state index is 12.0. The fourth-order valence-electron chi connectivity index (χ4n) is 1.87. The fourth-order valence-corrected chi connectivity index (χ4v) is 1.87. The van der Waals surface area contributed by atoms with Gasteiger partial charge < -0.3 is 10.5 Å². The SMILES string of the molecule is COC(=O)C(N)C(=O)c1ccc(-c2ccccc2)cc1. The van der Waals surface area contributed by atoms with E-state index in [-0.39, 0.29) is 0 Å². The molecule has 0 aliphatic carbocycles. The lowest BCUT2D eigenvalue weighted by Gasteiger charge is -2.09. The van der Waals surface area contributed by atoms with Crippen LogP contribution in [0.5, 0.6) is 0 Å². The minimum absolute atomic E-state index is 0.391. The Morgan fingerprint density at radius 1 is 0.950 bits per heavy atom. The summed E-state index contributed by atoms with van der Waals surface area (Å²) in [5, 5.41) is 0. The highest BCUT2D eigenvalue weighted by atomic mass is 16.5. The van der Waals surface area contributed by atoms with Crippen molar-refractivity contribution in [1.29, 1.82) is 0 Å². The summed E-state index contributed by atoms with van der Waals surface area (Å²) in [6, 6.07) is 15.5. The lowest BCUT2D eigenvalue weighted by atomic mass is 10.00. The summed E-state index contributed by atoms with van der Waals surface area (Å²) in [6.45, 7) is 0. The fraction of sp³-hybridized carbons (Fsp3) is 0.125. The molecule has 20 heavy (non-hydrogen) atoms. The summed E-state index contributed by atoms with van der Waals surface area (Å²) in [7, 11) is 1.20. The minimum Gasteiger partial charge on any atom is -0.468 e. The van der Waals surface area contributed by atoms with Gasteiger partial charge in [-0.15, -0.1) is 0 Å². The molecule has 0 aromatic heterocycles. The largest absolute Gasteiger partial charge is 0.468 e. The van der Waals surface area contributed by atoms with Gasteiger partial charge in [-0.25, -0.2) is 4.79 Å². The Morgan fingerprint density at radius 2 is 1.50 bits per heavy atom. The molecule has 0 saturated heterocycles. The Balaban J connectivity index is 2.21. The Bertz CT molecular complexity index is 605. The number of nitrogens with two attached hydrogens (primary N) is 1. The summed E-state index contributed by atoms with van der Waals surface area (Å²) in [4.78, 5) is 23.2. The van der Waals surface area contributed by atoms with Crippen LogP contribution in [0.3, 0.4) is 0 Å². The molecule has 1 unspecified atom stereocenters. The minimum atomic E-state index is -1.28. The number of Topliss-reactive ketones (excluding diaryl/α,β-unsaturated/α-hetero) is 1. The molecule has 0 amide bonds. The first-order chi connectivity index (χ1) is 9.63.